The Kier molecular flexibility index (Phi) is 69.9. The van der Waals surface area contributed by atoms with Crippen molar-refractivity contribution in [1.82, 2.24) is 5.32 Å². The molecule has 0 bridgehead atoms. The van der Waals surface area contributed by atoms with Gasteiger partial charge in [-0.1, -0.05) is 379 Å². The van der Waals surface area contributed by atoms with Crippen LogP contribution in [0.15, 0.2) is 12.2 Å². The molecule has 1 amide bonds. The van der Waals surface area contributed by atoms with Crippen LogP contribution < -0.4 is 5.32 Å². The van der Waals surface area contributed by atoms with Gasteiger partial charge in [0.2, 0.25) is 5.91 Å². The summed E-state index contributed by atoms with van der Waals surface area (Å²) in [5, 5.41) is 23.4. The fourth-order valence-corrected chi connectivity index (χ4v) is 12.1. The van der Waals surface area contributed by atoms with Crippen LogP contribution in [-0.2, 0) is 14.3 Å². The lowest BCUT2D eigenvalue weighted by atomic mass is 10.0. The summed E-state index contributed by atoms with van der Waals surface area (Å²) in [5.74, 6) is -0.00745. The smallest absolute Gasteiger partial charge is 0.305 e. The molecular weight excluding hydrogens is 995 g/mol. The van der Waals surface area contributed by atoms with E-state index in [0.29, 0.717) is 25.9 Å². The lowest BCUT2D eigenvalue weighted by Crippen LogP contribution is -2.45. The molecule has 0 rings (SSSR count). The Morgan fingerprint density at radius 3 is 0.877 bits per heavy atom. The van der Waals surface area contributed by atoms with Gasteiger partial charge < -0.3 is 20.3 Å². The zero-order chi connectivity index (χ0) is 58.5. The number of carbonyl (C=O) groups is 2. The van der Waals surface area contributed by atoms with Crippen molar-refractivity contribution in [3.63, 3.8) is 0 Å². The van der Waals surface area contributed by atoms with Crippen molar-refractivity contribution in [2.75, 3.05) is 13.2 Å². The van der Waals surface area contributed by atoms with E-state index in [0.717, 1.165) is 38.5 Å². The highest BCUT2D eigenvalue weighted by Crippen LogP contribution is 2.20. The first-order chi connectivity index (χ1) is 40.0. The monoisotopic (exact) mass is 1140 g/mol. The van der Waals surface area contributed by atoms with Gasteiger partial charge in [-0.3, -0.25) is 9.59 Å². The molecule has 3 N–H and O–H groups in total. The van der Waals surface area contributed by atoms with Crippen molar-refractivity contribution in [2.45, 2.75) is 443 Å². The second-order valence-corrected chi connectivity index (χ2v) is 26.0. The van der Waals surface area contributed by atoms with E-state index in [-0.39, 0.29) is 18.5 Å². The van der Waals surface area contributed by atoms with Crippen molar-refractivity contribution >= 4 is 11.9 Å². The van der Waals surface area contributed by atoms with Crippen molar-refractivity contribution < 1.29 is 24.5 Å². The van der Waals surface area contributed by atoms with Gasteiger partial charge in [-0.15, -0.1) is 0 Å². The molecule has 81 heavy (non-hydrogen) atoms. The number of hydrogen-bond donors (Lipinski definition) is 3. The zero-order valence-corrected chi connectivity index (χ0v) is 55.3. The van der Waals surface area contributed by atoms with Gasteiger partial charge in [0.1, 0.15) is 0 Å². The highest BCUT2D eigenvalue weighted by molar-refractivity contribution is 5.76. The maximum absolute atomic E-state index is 12.5. The summed E-state index contributed by atoms with van der Waals surface area (Å²) in [4.78, 5) is 24.6. The van der Waals surface area contributed by atoms with Crippen molar-refractivity contribution in [1.29, 1.82) is 0 Å². The van der Waals surface area contributed by atoms with E-state index in [4.69, 9.17) is 4.74 Å². The van der Waals surface area contributed by atoms with Crippen molar-refractivity contribution in [2.24, 2.45) is 0 Å². The molecule has 0 saturated heterocycles. The number of amides is 1. The SMILES string of the molecule is CCCCCCCCCCCCCCCCCCCCCCC(O)C(CO)NC(=O)CCCCCCCCCCCCCCCCC/C=C\CCCCCCCCCCCCCCOC(=O)CCCCCCCCCCCCCCC. The number of esters is 1. The molecule has 0 aromatic heterocycles. The van der Waals surface area contributed by atoms with Crippen LogP contribution in [0.5, 0.6) is 0 Å². The summed E-state index contributed by atoms with van der Waals surface area (Å²) < 4.78 is 5.49. The molecule has 0 aliphatic carbocycles. The fraction of sp³-hybridized carbons (Fsp3) is 0.947. The number of aliphatic hydroxyl groups is 2. The number of carbonyl (C=O) groups excluding carboxylic acids is 2. The highest BCUT2D eigenvalue weighted by atomic mass is 16.5. The quantitative estimate of drug-likeness (QED) is 0.0320. The molecule has 6 nitrogen and oxygen atoms in total. The minimum atomic E-state index is -0.663. The van der Waals surface area contributed by atoms with Crippen molar-refractivity contribution in [3.05, 3.63) is 12.2 Å². The molecule has 0 aliphatic rings. The topological polar surface area (TPSA) is 95.9 Å². The van der Waals surface area contributed by atoms with E-state index in [1.807, 2.05) is 0 Å². The molecule has 6 heteroatoms. The third-order valence-corrected chi connectivity index (χ3v) is 17.8. The summed E-state index contributed by atoms with van der Waals surface area (Å²) in [6, 6.07) is -0.540. The fourth-order valence-electron chi connectivity index (χ4n) is 12.1. The number of aliphatic hydroxyl groups excluding tert-OH is 2. The number of allylic oxidation sites excluding steroid dienone is 2. The zero-order valence-electron chi connectivity index (χ0n) is 55.3. The van der Waals surface area contributed by atoms with Crippen LogP contribution in [-0.4, -0.2) is 47.4 Å². The first kappa shape index (κ1) is 79.6. The Balaban J connectivity index is 3.35. The lowest BCUT2D eigenvalue weighted by Gasteiger charge is -2.22. The Morgan fingerprint density at radius 1 is 0.333 bits per heavy atom. The average molecular weight is 1140 g/mol. The van der Waals surface area contributed by atoms with Gasteiger partial charge in [0.05, 0.1) is 25.4 Å². The molecule has 0 aliphatic heterocycles. The highest BCUT2D eigenvalue weighted by Gasteiger charge is 2.20. The van der Waals surface area contributed by atoms with Crippen LogP contribution in [0, 0.1) is 0 Å². The third-order valence-electron chi connectivity index (χ3n) is 17.8. The molecular formula is C75H147NO5. The maximum Gasteiger partial charge on any atom is 0.305 e. The van der Waals surface area contributed by atoms with Crippen LogP contribution in [0.3, 0.4) is 0 Å². The van der Waals surface area contributed by atoms with Crippen LogP contribution >= 0.6 is 0 Å². The van der Waals surface area contributed by atoms with Crippen LogP contribution in [0.4, 0.5) is 0 Å². The molecule has 0 radical (unpaired) electrons. The Morgan fingerprint density at radius 2 is 0.580 bits per heavy atom. The minimum Gasteiger partial charge on any atom is -0.466 e. The predicted octanol–water partition coefficient (Wildman–Crippen LogP) is 24.3. The van der Waals surface area contributed by atoms with E-state index in [1.54, 1.807) is 0 Å². The number of rotatable bonds is 71. The second-order valence-electron chi connectivity index (χ2n) is 26.0. The Labute approximate surface area is 508 Å². The summed E-state index contributed by atoms with van der Waals surface area (Å²) in [5.41, 5.74) is 0. The summed E-state index contributed by atoms with van der Waals surface area (Å²) in [6.07, 6.45) is 88.5. The first-order valence-corrected chi connectivity index (χ1v) is 37.4. The molecule has 0 fully saturated rings. The first-order valence-electron chi connectivity index (χ1n) is 37.4. The van der Waals surface area contributed by atoms with Crippen LogP contribution in [0.2, 0.25) is 0 Å². The summed E-state index contributed by atoms with van der Waals surface area (Å²) >= 11 is 0. The van der Waals surface area contributed by atoms with Gasteiger partial charge in [0.25, 0.3) is 0 Å². The molecule has 0 saturated carbocycles. The van der Waals surface area contributed by atoms with E-state index in [9.17, 15) is 19.8 Å². The van der Waals surface area contributed by atoms with E-state index >= 15 is 0 Å². The van der Waals surface area contributed by atoms with Gasteiger partial charge in [0.15, 0.2) is 0 Å². The van der Waals surface area contributed by atoms with Gasteiger partial charge in [-0.05, 0) is 51.4 Å². The number of unbranched alkanes of at least 4 members (excludes halogenated alkanes) is 58. The molecule has 0 aromatic rings. The largest absolute Gasteiger partial charge is 0.466 e. The van der Waals surface area contributed by atoms with Crippen LogP contribution in [0.1, 0.15) is 431 Å². The molecule has 0 heterocycles. The van der Waals surface area contributed by atoms with Gasteiger partial charge in [0, 0.05) is 12.8 Å². The molecule has 482 valence electrons. The van der Waals surface area contributed by atoms with Crippen molar-refractivity contribution in [3.8, 4) is 0 Å². The summed E-state index contributed by atoms with van der Waals surface area (Å²) in [7, 11) is 0. The number of nitrogens with one attached hydrogen (secondary N) is 1. The van der Waals surface area contributed by atoms with E-state index in [1.165, 1.54) is 360 Å². The Bertz CT molecular complexity index is 1220. The molecule has 0 spiro atoms. The molecule has 2 atom stereocenters. The lowest BCUT2D eigenvalue weighted by molar-refractivity contribution is -0.143. The molecule has 0 aromatic carbocycles. The molecule has 2 unspecified atom stereocenters. The predicted molar refractivity (Wildman–Crippen MR) is 357 cm³/mol. The van der Waals surface area contributed by atoms with Gasteiger partial charge in [-0.2, -0.15) is 0 Å². The standard InChI is InChI=1S/C75H147NO5/c1-3-5-7-9-11-13-15-17-18-19-20-34-37-40-44-47-51-55-59-63-67-73(78)72(71-77)76-74(79)68-64-60-56-52-48-45-41-38-35-32-30-28-26-24-22-21-23-25-27-29-31-33-36-39-42-46-50-54-58-62-66-70-81-75(80)69-65-61-57-53-49-43-16-14-12-10-8-6-4-2/h23,25,72-73,77-78H,3-22,24,26-71H2,1-2H3,(H,76,79)/b25-23-. The third kappa shape index (κ3) is 67.6. The minimum absolute atomic E-state index is 0.0203. The van der Waals surface area contributed by atoms with Gasteiger partial charge in [-0.25, -0.2) is 0 Å². The van der Waals surface area contributed by atoms with E-state index in [2.05, 4.69) is 31.3 Å². The second kappa shape index (κ2) is 71.1. The number of ether oxygens (including phenoxy) is 1. The van der Waals surface area contributed by atoms with Gasteiger partial charge >= 0.3 is 5.97 Å². The number of hydrogen-bond acceptors (Lipinski definition) is 5. The van der Waals surface area contributed by atoms with Crippen LogP contribution in [0.25, 0.3) is 0 Å². The average Bonchev–Trinajstić information content (AvgIpc) is 3.47. The van der Waals surface area contributed by atoms with E-state index < -0.39 is 12.1 Å². The maximum atomic E-state index is 12.5. The normalized spacial score (nSPS) is 12.5. The Hall–Kier alpha value is -1.40. The summed E-state index contributed by atoms with van der Waals surface area (Å²) in [6.45, 7) is 5.00.